The third-order valence-electron chi connectivity index (χ3n) is 13.1. The van der Waals surface area contributed by atoms with Gasteiger partial charge in [-0.25, -0.2) is 0 Å². The van der Waals surface area contributed by atoms with Crippen molar-refractivity contribution in [1.29, 1.82) is 0 Å². The summed E-state index contributed by atoms with van der Waals surface area (Å²) in [5, 5.41) is 22.8. The highest BCUT2D eigenvalue weighted by molar-refractivity contribution is 5.20. The molecular weight excluding hydrogens is 408 g/mol. The summed E-state index contributed by atoms with van der Waals surface area (Å²) < 4.78 is 6.86. The number of hydrogen-bond donors (Lipinski definition) is 2. The highest BCUT2D eigenvalue weighted by Crippen LogP contribution is 2.76. The summed E-state index contributed by atoms with van der Waals surface area (Å²) in [4.78, 5) is 0. The van der Waals surface area contributed by atoms with Gasteiger partial charge in [0.2, 0.25) is 0 Å². The van der Waals surface area contributed by atoms with Crippen molar-refractivity contribution in [2.45, 2.75) is 143 Å². The molecule has 190 valence electrons. The van der Waals surface area contributed by atoms with Crippen LogP contribution in [-0.4, -0.2) is 33.6 Å². The number of aliphatic hydroxyl groups is 2. The zero-order valence-corrected chi connectivity index (χ0v) is 22.8. The molecule has 3 heteroatoms. The molecule has 0 aromatic rings. The number of hydrogen-bond acceptors (Lipinski definition) is 3. The first-order valence-electron chi connectivity index (χ1n) is 14.2. The van der Waals surface area contributed by atoms with Crippen LogP contribution in [0.5, 0.6) is 0 Å². The quantitative estimate of drug-likeness (QED) is 0.455. The Balaban J connectivity index is 1.51. The van der Waals surface area contributed by atoms with Crippen LogP contribution in [0.1, 0.15) is 120 Å². The zero-order valence-electron chi connectivity index (χ0n) is 22.8. The van der Waals surface area contributed by atoms with Crippen LogP contribution in [0.25, 0.3) is 0 Å². The van der Waals surface area contributed by atoms with E-state index >= 15 is 0 Å². The number of fused-ring (bicyclic) bond motifs is 5. The normalized spacial score (nSPS) is 57.6. The Kier molecular flexibility index (Phi) is 5.38. The van der Waals surface area contributed by atoms with E-state index < -0.39 is 0 Å². The first kappa shape index (κ1) is 24.6. The van der Waals surface area contributed by atoms with Gasteiger partial charge in [-0.15, -0.1) is 0 Å². The van der Waals surface area contributed by atoms with Crippen LogP contribution in [0.4, 0.5) is 0 Å². The molecule has 0 amide bonds. The lowest BCUT2D eigenvalue weighted by Gasteiger charge is -2.70. The maximum Gasteiger partial charge on any atom is 0.0693 e. The second-order valence-electron chi connectivity index (χ2n) is 15.4. The molecule has 4 saturated carbocycles. The molecule has 3 unspecified atom stereocenters. The molecule has 5 fully saturated rings. The SMILES string of the molecule is CC1(C)CCC[C@@](C)(C2CC[C@]3(C)[C@H]2[C@H](O)CC2[C@@]4(C)CC[C@H](O)C(C)(C)C4CC[C@]23C)O1. The first-order valence-corrected chi connectivity index (χ1v) is 14.2. The van der Waals surface area contributed by atoms with Crippen molar-refractivity contribution in [1.82, 2.24) is 0 Å². The molecule has 5 rings (SSSR count). The van der Waals surface area contributed by atoms with E-state index in [2.05, 4.69) is 55.4 Å². The maximum atomic E-state index is 11.9. The fraction of sp³-hybridized carbons (Fsp3) is 1.00. The largest absolute Gasteiger partial charge is 0.393 e. The van der Waals surface area contributed by atoms with Crippen molar-refractivity contribution in [3.05, 3.63) is 0 Å². The molecule has 33 heavy (non-hydrogen) atoms. The standard InChI is InChI=1S/C30H52O3/c1-25(2)13-9-14-30(8,33-25)19-10-16-29(7)24(19)20(31)18-22-27(5)15-12-23(32)26(3,4)21(27)11-17-28(22,29)6/h19-24,31-32H,9-18H2,1-8H3/t19?,20-,21?,22?,23+,24-,27+,28-,29-,30+/m1/s1. The van der Waals surface area contributed by atoms with Crippen LogP contribution < -0.4 is 0 Å². The Hall–Kier alpha value is -0.120. The van der Waals surface area contributed by atoms with Crippen LogP contribution in [0.3, 0.4) is 0 Å². The van der Waals surface area contributed by atoms with Gasteiger partial charge in [0.25, 0.3) is 0 Å². The molecule has 5 aliphatic rings. The minimum atomic E-state index is -0.239. The Bertz CT molecular complexity index is 789. The molecule has 0 aromatic heterocycles. The highest BCUT2D eigenvalue weighted by Gasteiger charge is 2.71. The second-order valence-corrected chi connectivity index (χ2v) is 15.4. The van der Waals surface area contributed by atoms with Gasteiger partial charge in [-0.05, 0) is 130 Å². The molecule has 1 aliphatic heterocycles. The fourth-order valence-corrected chi connectivity index (χ4v) is 11.3. The van der Waals surface area contributed by atoms with E-state index in [1.54, 1.807) is 0 Å². The van der Waals surface area contributed by atoms with Crippen molar-refractivity contribution >= 4 is 0 Å². The van der Waals surface area contributed by atoms with Gasteiger partial charge < -0.3 is 14.9 Å². The summed E-state index contributed by atoms with van der Waals surface area (Å²) in [7, 11) is 0. The average Bonchev–Trinajstić information content (AvgIpc) is 3.07. The van der Waals surface area contributed by atoms with E-state index in [-0.39, 0.29) is 45.1 Å². The Morgan fingerprint density at radius 3 is 2.03 bits per heavy atom. The Morgan fingerprint density at radius 1 is 0.697 bits per heavy atom. The summed E-state index contributed by atoms with van der Waals surface area (Å²) in [5.74, 6) is 1.85. The van der Waals surface area contributed by atoms with Gasteiger partial charge in [0.05, 0.1) is 23.4 Å². The lowest BCUT2D eigenvalue weighted by Crippen LogP contribution is -2.66. The van der Waals surface area contributed by atoms with Crippen LogP contribution in [-0.2, 0) is 4.74 Å². The van der Waals surface area contributed by atoms with E-state index in [1.807, 2.05) is 0 Å². The van der Waals surface area contributed by atoms with Crippen LogP contribution in [0, 0.1) is 45.3 Å². The lowest BCUT2D eigenvalue weighted by atomic mass is 9.35. The lowest BCUT2D eigenvalue weighted by molar-refractivity contribution is -0.257. The van der Waals surface area contributed by atoms with Gasteiger partial charge in [-0.1, -0.05) is 34.6 Å². The molecule has 0 spiro atoms. The molecule has 0 radical (unpaired) electrons. The molecule has 0 aromatic carbocycles. The first-order chi connectivity index (χ1) is 15.1. The molecule has 1 saturated heterocycles. The van der Waals surface area contributed by atoms with Crippen molar-refractivity contribution in [2.24, 2.45) is 45.3 Å². The molecule has 2 N–H and O–H groups in total. The molecule has 3 nitrogen and oxygen atoms in total. The highest BCUT2D eigenvalue weighted by atomic mass is 16.5. The minimum absolute atomic E-state index is 0.0375. The molecule has 4 aliphatic carbocycles. The van der Waals surface area contributed by atoms with Gasteiger partial charge >= 0.3 is 0 Å². The number of aliphatic hydroxyl groups excluding tert-OH is 2. The average molecular weight is 461 g/mol. The second kappa shape index (κ2) is 7.22. The van der Waals surface area contributed by atoms with Crippen molar-refractivity contribution < 1.29 is 14.9 Å². The zero-order chi connectivity index (χ0) is 24.2. The topological polar surface area (TPSA) is 49.7 Å². The Labute approximate surface area is 203 Å². The Morgan fingerprint density at radius 2 is 1.36 bits per heavy atom. The summed E-state index contributed by atoms with van der Waals surface area (Å²) >= 11 is 0. The van der Waals surface area contributed by atoms with Gasteiger partial charge in [-0.2, -0.15) is 0 Å². The van der Waals surface area contributed by atoms with E-state index in [0.29, 0.717) is 23.7 Å². The fourth-order valence-electron chi connectivity index (χ4n) is 11.3. The van der Waals surface area contributed by atoms with Crippen molar-refractivity contribution in [3.63, 3.8) is 0 Å². The van der Waals surface area contributed by atoms with Crippen LogP contribution in [0.15, 0.2) is 0 Å². The third-order valence-corrected chi connectivity index (χ3v) is 13.1. The summed E-state index contributed by atoms with van der Waals surface area (Å²) in [6.45, 7) is 19.2. The summed E-state index contributed by atoms with van der Waals surface area (Å²) in [6, 6.07) is 0. The van der Waals surface area contributed by atoms with Gasteiger partial charge in [0.15, 0.2) is 0 Å². The smallest absolute Gasteiger partial charge is 0.0693 e. The summed E-state index contributed by atoms with van der Waals surface area (Å²) in [6.07, 6.45) is 10.9. The molecular formula is C30H52O3. The van der Waals surface area contributed by atoms with E-state index in [4.69, 9.17) is 4.74 Å². The maximum absolute atomic E-state index is 11.9. The summed E-state index contributed by atoms with van der Waals surface area (Å²) in [5.41, 5.74) is 0.392. The van der Waals surface area contributed by atoms with E-state index in [1.165, 1.54) is 32.1 Å². The van der Waals surface area contributed by atoms with Gasteiger partial charge in [0, 0.05) is 0 Å². The van der Waals surface area contributed by atoms with Crippen LogP contribution >= 0.6 is 0 Å². The molecule has 0 bridgehead atoms. The third kappa shape index (κ3) is 3.16. The molecule has 10 atom stereocenters. The van der Waals surface area contributed by atoms with Gasteiger partial charge in [-0.3, -0.25) is 0 Å². The van der Waals surface area contributed by atoms with Crippen molar-refractivity contribution in [3.8, 4) is 0 Å². The monoisotopic (exact) mass is 460 g/mol. The van der Waals surface area contributed by atoms with E-state index in [9.17, 15) is 10.2 Å². The van der Waals surface area contributed by atoms with Crippen LogP contribution in [0.2, 0.25) is 0 Å². The minimum Gasteiger partial charge on any atom is -0.393 e. The van der Waals surface area contributed by atoms with E-state index in [0.717, 1.165) is 32.1 Å². The molecule has 1 heterocycles. The predicted octanol–water partition coefficient (Wildman–Crippen LogP) is 6.74. The predicted molar refractivity (Wildman–Crippen MR) is 134 cm³/mol. The van der Waals surface area contributed by atoms with Gasteiger partial charge in [0.1, 0.15) is 0 Å². The van der Waals surface area contributed by atoms with Crippen molar-refractivity contribution in [2.75, 3.05) is 0 Å². The number of ether oxygens (including phenoxy) is 1. The number of rotatable bonds is 1.